The molecule has 6 heteroatoms. The van der Waals surface area contributed by atoms with Crippen molar-refractivity contribution in [2.24, 2.45) is 11.8 Å². The van der Waals surface area contributed by atoms with E-state index in [0.29, 0.717) is 23.7 Å². The summed E-state index contributed by atoms with van der Waals surface area (Å²) in [6, 6.07) is 6.90. The van der Waals surface area contributed by atoms with Crippen molar-refractivity contribution in [3.05, 3.63) is 24.3 Å². The minimum atomic E-state index is -0.949. The van der Waals surface area contributed by atoms with Gasteiger partial charge < -0.3 is 15.3 Å². The van der Waals surface area contributed by atoms with E-state index in [9.17, 15) is 14.4 Å². The molecule has 0 bridgehead atoms. The number of anilines is 2. The first-order valence-corrected chi connectivity index (χ1v) is 7.80. The summed E-state index contributed by atoms with van der Waals surface area (Å²) in [6.07, 6.45) is 1.34. The molecule has 1 aliphatic rings. The third kappa shape index (κ3) is 4.55. The Labute approximate surface area is 135 Å². The van der Waals surface area contributed by atoms with Gasteiger partial charge in [-0.2, -0.15) is 0 Å². The van der Waals surface area contributed by atoms with Crippen molar-refractivity contribution in [1.82, 2.24) is 0 Å². The third-order valence-electron chi connectivity index (χ3n) is 3.89. The smallest absolute Gasteiger partial charge is 0.308 e. The Morgan fingerprint density at radius 2 is 1.96 bits per heavy atom. The van der Waals surface area contributed by atoms with Gasteiger partial charge in [-0.05, 0) is 36.6 Å². The van der Waals surface area contributed by atoms with E-state index < -0.39 is 11.9 Å². The monoisotopic (exact) mass is 318 g/mol. The first kappa shape index (κ1) is 17.0. The lowest BCUT2D eigenvalue weighted by atomic mass is 10.1. The van der Waals surface area contributed by atoms with Crippen molar-refractivity contribution in [1.29, 1.82) is 0 Å². The van der Waals surface area contributed by atoms with Crippen molar-refractivity contribution >= 4 is 29.2 Å². The van der Waals surface area contributed by atoms with Crippen LogP contribution >= 0.6 is 0 Å². The topological polar surface area (TPSA) is 86.7 Å². The molecule has 1 aliphatic heterocycles. The van der Waals surface area contributed by atoms with E-state index >= 15 is 0 Å². The highest BCUT2D eigenvalue weighted by molar-refractivity contribution is 5.99. The fourth-order valence-corrected chi connectivity index (χ4v) is 2.49. The number of hydrogen-bond donors (Lipinski definition) is 2. The molecule has 1 saturated heterocycles. The van der Waals surface area contributed by atoms with Crippen LogP contribution in [-0.4, -0.2) is 29.4 Å². The SMILES string of the molecule is CC(C)CCC(=O)Nc1ccc(N2CC(C(=O)O)CC2=O)cc1. The second-order valence-electron chi connectivity index (χ2n) is 6.27. The number of carbonyl (C=O) groups excluding carboxylic acids is 2. The predicted molar refractivity (Wildman–Crippen MR) is 87.2 cm³/mol. The zero-order valence-electron chi connectivity index (χ0n) is 13.4. The Kier molecular flexibility index (Phi) is 5.36. The van der Waals surface area contributed by atoms with Gasteiger partial charge in [-0.3, -0.25) is 14.4 Å². The number of carboxylic acid groups (broad SMARTS) is 1. The molecular weight excluding hydrogens is 296 g/mol. The van der Waals surface area contributed by atoms with Gasteiger partial charge in [-0.1, -0.05) is 13.8 Å². The fourth-order valence-electron chi connectivity index (χ4n) is 2.49. The van der Waals surface area contributed by atoms with Gasteiger partial charge in [0, 0.05) is 30.8 Å². The molecule has 0 radical (unpaired) electrons. The van der Waals surface area contributed by atoms with Crippen molar-refractivity contribution in [2.75, 3.05) is 16.8 Å². The number of hydrogen-bond acceptors (Lipinski definition) is 3. The second kappa shape index (κ2) is 7.26. The van der Waals surface area contributed by atoms with Gasteiger partial charge in [-0.25, -0.2) is 0 Å². The van der Waals surface area contributed by atoms with Crippen LogP contribution in [0.25, 0.3) is 0 Å². The summed E-state index contributed by atoms with van der Waals surface area (Å²) in [6.45, 7) is 4.33. The molecule has 0 aliphatic carbocycles. The van der Waals surface area contributed by atoms with Crippen molar-refractivity contribution in [3.63, 3.8) is 0 Å². The van der Waals surface area contributed by atoms with Crippen LogP contribution < -0.4 is 10.2 Å². The van der Waals surface area contributed by atoms with Gasteiger partial charge in [0.25, 0.3) is 0 Å². The normalized spacial score (nSPS) is 17.6. The maximum Gasteiger partial charge on any atom is 0.308 e. The lowest BCUT2D eigenvalue weighted by Gasteiger charge is -2.16. The van der Waals surface area contributed by atoms with Crippen LogP contribution in [0.3, 0.4) is 0 Å². The highest BCUT2D eigenvalue weighted by Crippen LogP contribution is 2.26. The van der Waals surface area contributed by atoms with Gasteiger partial charge in [0.05, 0.1) is 5.92 Å². The van der Waals surface area contributed by atoms with E-state index in [-0.39, 0.29) is 24.8 Å². The molecule has 1 heterocycles. The fraction of sp³-hybridized carbons (Fsp3) is 0.471. The van der Waals surface area contributed by atoms with Crippen molar-refractivity contribution in [2.45, 2.75) is 33.1 Å². The Balaban J connectivity index is 1.96. The molecule has 6 nitrogen and oxygen atoms in total. The highest BCUT2D eigenvalue weighted by atomic mass is 16.4. The summed E-state index contributed by atoms with van der Waals surface area (Å²) >= 11 is 0. The van der Waals surface area contributed by atoms with Crippen molar-refractivity contribution in [3.8, 4) is 0 Å². The number of amides is 2. The van der Waals surface area contributed by atoms with E-state index in [1.807, 2.05) is 0 Å². The first-order chi connectivity index (χ1) is 10.9. The summed E-state index contributed by atoms with van der Waals surface area (Å²) in [4.78, 5) is 36.1. The molecule has 0 aromatic heterocycles. The summed E-state index contributed by atoms with van der Waals surface area (Å²) in [5, 5.41) is 11.8. The molecule has 0 saturated carbocycles. The minimum absolute atomic E-state index is 0.0308. The number of carbonyl (C=O) groups is 3. The second-order valence-corrected chi connectivity index (χ2v) is 6.27. The molecule has 2 N–H and O–H groups in total. The van der Waals surface area contributed by atoms with E-state index in [2.05, 4.69) is 19.2 Å². The molecule has 1 aromatic carbocycles. The van der Waals surface area contributed by atoms with Crippen LogP contribution in [0.15, 0.2) is 24.3 Å². The Bertz CT molecular complexity index is 595. The lowest BCUT2D eigenvalue weighted by molar-refractivity contribution is -0.141. The molecule has 2 amide bonds. The van der Waals surface area contributed by atoms with Crippen LogP contribution in [0.2, 0.25) is 0 Å². The molecule has 0 spiro atoms. The Morgan fingerprint density at radius 1 is 1.30 bits per heavy atom. The average molecular weight is 318 g/mol. The maximum absolute atomic E-state index is 11.9. The third-order valence-corrected chi connectivity index (χ3v) is 3.89. The first-order valence-electron chi connectivity index (χ1n) is 7.80. The van der Waals surface area contributed by atoms with Gasteiger partial charge >= 0.3 is 5.97 Å². The van der Waals surface area contributed by atoms with Gasteiger partial charge in [0.1, 0.15) is 0 Å². The number of nitrogens with zero attached hydrogens (tertiary/aromatic N) is 1. The molecule has 124 valence electrons. The number of aliphatic carboxylic acids is 1. The molecule has 23 heavy (non-hydrogen) atoms. The molecule has 1 fully saturated rings. The molecule has 1 atom stereocenters. The van der Waals surface area contributed by atoms with E-state index in [0.717, 1.165) is 6.42 Å². The summed E-state index contributed by atoms with van der Waals surface area (Å²) in [5.74, 6) is -1.35. The quantitative estimate of drug-likeness (QED) is 0.843. The summed E-state index contributed by atoms with van der Waals surface area (Å²) < 4.78 is 0. The number of carboxylic acids is 1. The van der Waals surface area contributed by atoms with Crippen LogP contribution in [0.5, 0.6) is 0 Å². The van der Waals surface area contributed by atoms with Crippen LogP contribution in [0.4, 0.5) is 11.4 Å². The molecular formula is C17H22N2O4. The molecule has 2 rings (SSSR count). The summed E-state index contributed by atoms with van der Waals surface area (Å²) in [7, 11) is 0. The molecule has 1 aromatic rings. The zero-order valence-corrected chi connectivity index (χ0v) is 13.4. The van der Waals surface area contributed by atoms with Gasteiger partial charge in [-0.15, -0.1) is 0 Å². The van der Waals surface area contributed by atoms with Crippen LogP contribution in [0, 0.1) is 11.8 Å². The zero-order chi connectivity index (χ0) is 17.0. The standard InChI is InChI=1S/C17H22N2O4/c1-11(2)3-8-15(20)18-13-4-6-14(7-5-13)19-10-12(17(22)23)9-16(19)21/h4-7,11-12H,3,8-10H2,1-2H3,(H,18,20)(H,22,23). The van der Waals surface area contributed by atoms with Crippen molar-refractivity contribution < 1.29 is 19.5 Å². The van der Waals surface area contributed by atoms with Gasteiger partial charge in [0.15, 0.2) is 0 Å². The number of benzene rings is 1. The van der Waals surface area contributed by atoms with E-state index in [1.54, 1.807) is 24.3 Å². The Hall–Kier alpha value is -2.37. The minimum Gasteiger partial charge on any atom is -0.481 e. The number of rotatable bonds is 6. The summed E-state index contributed by atoms with van der Waals surface area (Å²) in [5.41, 5.74) is 1.32. The average Bonchev–Trinajstić information content (AvgIpc) is 2.88. The van der Waals surface area contributed by atoms with Crippen LogP contribution in [0.1, 0.15) is 33.1 Å². The van der Waals surface area contributed by atoms with E-state index in [1.165, 1.54) is 4.90 Å². The predicted octanol–water partition coefficient (Wildman–Crippen LogP) is 2.50. The maximum atomic E-state index is 11.9. The van der Waals surface area contributed by atoms with Gasteiger partial charge in [0.2, 0.25) is 11.8 Å². The van der Waals surface area contributed by atoms with E-state index in [4.69, 9.17) is 5.11 Å². The highest BCUT2D eigenvalue weighted by Gasteiger charge is 2.34. The number of nitrogens with one attached hydrogen (secondary N) is 1. The Morgan fingerprint density at radius 3 is 2.48 bits per heavy atom. The lowest BCUT2D eigenvalue weighted by Crippen LogP contribution is -2.25. The largest absolute Gasteiger partial charge is 0.481 e. The molecule has 1 unspecified atom stereocenters. The van der Waals surface area contributed by atoms with Crippen LogP contribution in [-0.2, 0) is 14.4 Å².